The van der Waals surface area contributed by atoms with Gasteiger partial charge in [-0.1, -0.05) is 6.92 Å². The van der Waals surface area contributed by atoms with Gasteiger partial charge in [-0.2, -0.15) is 13.2 Å². The lowest BCUT2D eigenvalue weighted by molar-refractivity contribution is -0.219. The first-order valence-corrected chi connectivity index (χ1v) is 10.1. The van der Waals surface area contributed by atoms with Crippen molar-refractivity contribution in [2.24, 2.45) is 11.3 Å². The molecule has 2 aromatic rings. The number of halogens is 3. The van der Waals surface area contributed by atoms with Gasteiger partial charge in [-0.15, -0.1) is 5.10 Å². The van der Waals surface area contributed by atoms with Gasteiger partial charge in [-0.05, 0) is 46.2 Å². The maximum absolute atomic E-state index is 13.0. The molecule has 4 rings (SSSR count). The number of nitrogens with zero attached hydrogens (tertiary/aromatic N) is 4. The summed E-state index contributed by atoms with van der Waals surface area (Å²) < 4.78 is 51.4. The first-order valence-electron chi connectivity index (χ1n) is 10.1. The second kappa shape index (κ2) is 6.86. The maximum Gasteiger partial charge on any atom is 0.397 e. The molecule has 2 aromatic heterocycles. The SMILES string of the molecule is C[C@H]1CC(C)(C)N2c3nc(-n4ccc(OCC(C)(C)C(F)(F)F)n4)ccc3C(=O)OC12. The monoisotopic (exact) mass is 438 g/mol. The van der Waals surface area contributed by atoms with E-state index in [1.165, 1.54) is 10.7 Å². The van der Waals surface area contributed by atoms with Gasteiger partial charge in [0.05, 0.1) is 5.41 Å². The molecule has 1 fully saturated rings. The zero-order valence-electron chi connectivity index (χ0n) is 18.0. The molecule has 0 aliphatic carbocycles. The highest BCUT2D eigenvalue weighted by Crippen LogP contribution is 2.45. The van der Waals surface area contributed by atoms with E-state index < -0.39 is 24.2 Å². The fourth-order valence-corrected chi connectivity index (χ4v) is 4.09. The molecule has 0 bridgehead atoms. The van der Waals surface area contributed by atoms with Crippen LogP contribution in [0.25, 0.3) is 5.82 Å². The lowest BCUT2D eigenvalue weighted by atomic mass is 9.94. The highest BCUT2D eigenvalue weighted by atomic mass is 19.4. The van der Waals surface area contributed by atoms with Crippen molar-refractivity contribution in [2.45, 2.75) is 59.0 Å². The summed E-state index contributed by atoms with van der Waals surface area (Å²) in [6, 6.07) is 4.72. The summed E-state index contributed by atoms with van der Waals surface area (Å²) in [4.78, 5) is 19.2. The Labute approximate surface area is 178 Å². The van der Waals surface area contributed by atoms with E-state index in [0.29, 0.717) is 17.2 Å². The van der Waals surface area contributed by atoms with Crippen molar-refractivity contribution in [1.29, 1.82) is 0 Å². The fourth-order valence-electron chi connectivity index (χ4n) is 4.09. The molecule has 7 nitrogen and oxygen atoms in total. The van der Waals surface area contributed by atoms with Gasteiger partial charge in [0.1, 0.15) is 18.0 Å². The molecule has 1 saturated heterocycles. The predicted molar refractivity (Wildman–Crippen MR) is 106 cm³/mol. The number of anilines is 1. The van der Waals surface area contributed by atoms with E-state index in [1.807, 2.05) is 11.8 Å². The number of esters is 1. The first kappa shape index (κ1) is 21.5. The highest BCUT2D eigenvalue weighted by molar-refractivity contribution is 5.97. The van der Waals surface area contributed by atoms with E-state index >= 15 is 0 Å². The molecule has 1 unspecified atom stereocenters. The van der Waals surface area contributed by atoms with Crippen LogP contribution < -0.4 is 9.64 Å². The van der Waals surface area contributed by atoms with Crippen LogP contribution in [-0.4, -0.2) is 45.3 Å². The van der Waals surface area contributed by atoms with Gasteiger partial charge >= 0.3 is 12.1 Å². The number of fused-ring (bicyclic) bond motifs is 3. The molecule has 31 heavy (non-hydrogen) atoms. The standard InChI is InChI=1S/C21H25F3N4O3/c1-12-10-20(4,5)28-16-13(18(29)31-17(12)28)6-7-14(25-16)27-9-8-15(26-27)30-11-19(2,3)21(22,23)24/h6-9,12,17H,10-11H2,1-5H3/t12-,17?/m0/s1. The molecule has 10 heteroatoms. The molecule has 0 saturated carbocycles. The largest absolute Gasteiger partial charge is 0.476 e. The third-order valence-corrected chi connectivity index (χ3v) is 5.90. The van der Waals surface area contributed by atoms with E-state index in [-0.39, 0.29) is 23.6 Å². The second-order valence-corrected chi connectivity index (χ2v) is 9.47. The van der Waals surface area contributed by atoms with Crippen LogP contribution in [0, 0.1) is 11.3 Å². The molecule has 0 N–H and O–H groups in total. The summed E-state index contributed by atoms with van der Waals surface area (Å²) in [7, 11) is 0. The normalized spacial score (nSPS) is 22.7. The zero-order valence-corrected chi connectivity index (χ0v) is 18.0. The van der Waals surface area contributed by atoms with E-state index in [4.69, 9.17) is 9.47 Å². The number of carbonyl (C=O) groups is 1. The summed E-state index contributed by atoms with van der Waals surface area (Å²) in [6.45, 7) is 7.77. The van der Waals surface area contributed by atoms with Crippen molar-refractivity contribution < 1.29 is 27.4 Å². The minimum Gasteiger partial charge on any atom is -0.476 e. The number of carbonyl (C=O) groups excluding carboxylic acids is 1. The van der Waals surface area contributed by atoms with Crippen LogP contribution in [0.15, 0.2) is 24.4 Å². The van der Waals surface area contributed by atoms with Crippen molar-refractivity contribution in [1.82, 2.24) is 14.8 Å². The number of alkyl halides is 3. The molecule has 0 spiro atoms. The average Bonchev–Trinajstić information content (AvgIpc) is 3.21. The molecule has 2 atom stereocenters. The molecule has 0 radical (unpaired) electrons. The Balaban J connectivity index is 1.61. The van der Waals surface area contributed by atoms with E-state index in [0.717, 1.165) is 20.3 Å². The van der Waals surface area contributed by atoms with Gasteiger partial charge in [0.15, 0.2) is 12.0 Å². The summed E-state index contributed by atoms with van der Waals surface area (Å²) in [6.07, 6.45) is -2.38. The second-order valence-electron chi connectivity index (χ2n) is 9.47. The Bertz CT molecular complexity index is 1020. The molecule has 168 valence electrons. The molecule has 2 aliphatic heterocycles. The number of hydrogen-bond acceptors (Lipinski definition) is 6. The lowest BCUT2D eigenvalue weighted by Gasteiger charge is -2.40. The number of pyridine rings is 1. The average molecular weight is 438 g/mol. The number of hydrogen-bond donors (Lipinski definition) is 0. The van der Waals surface area contributed by atoms with Gasteiger partial charge in [-0.3, -0.25) is 0 Å². The Morgan fingerprint density at radius 2 is 1.97 bits per heavy atom. The van der Waals surface area contributed by atoms with Crippen molar-refractivity contribution in [3.8, 4) is 11.7 Å². The number of aromatic nitrogens is 3. The summed E-state index contributed by atoms with van der Waals surface area (Å²) in [5.41, 5.74) is -1.89. The molecule has 2 aliphatic rings. The molecule has 4 heterocycles. The highest BCUT2D eigenvalue weighted by Gasteiger charge is 2.51. The summed E-state index contributed by atoms with van der Waals surface area (Å²) >= 11 is 0. The minimum absolute atomic E-state index is 0.0595. The van der Waals surface area contributed by atoms with Crippen LogP contribution in [0.1, 0.15) is 51.4 Å². The Morgan fingerprint density at radius 3 is 2.65 bits per heavy atom. The number of rotatable bonds is 4. The molecule has 0 amide bonds. The summed E-state index contributed by atoms with van der Waals surface area (Å²) in [5, 5.41) is 4.20. The first-order chi connectivity index (χ1) is 14.3. The molecular formula is C21H25F3N4O3. The van der Waals surface area contributed by atoms with Gasteiger partial charge in [0, 0.05) is 23.7 Å². The predicted octanol–water partition coefficient (Wildman–Crippen LogP) is 4.36. The number of ether oxygens (including phenoxy) is 2. The van der Waals surface area contributed by atoms with Crippen LogP contribution in [0.4, 0.5) is 19.0 Å². The van der Waals surface area contributed by atoms with E-state index in [1.54, 1.807) is 18.3 Å². The van der Waals surface area contributed by atoms with Crippen LogP contribution in [0.5, 0.6) is 5.88 Å². The lowest BCUT2D eigenvalue weighted by Crippen LogP contribution is -2.49. The minimum atomic E-state index is -4.39. The third kappa shape index (κ3) is 3.61. The van der Waals surface area contributed by atoms with Crippen molar-refractivity contribution in [3.05, 3.63) is 30.0 Å². The van der Waals surface area contributed by atoms with Crippen molar-refractivity contribution >= 4 is 11.8 Å². The quantitative estimate of drug-likeness (QED) is 0.661. The van der Waals surface area contributed by atoms with Gasteiger partial charge in [0.25, 0.3) is 0 Å². The maximum atomic E-state index is 13.0. The zero-order chi connectivity index (χ0) is 22.8. The van der Waals surface area contributed by atoms with Crippen LogP contribution in [0.2, 0.25) is 0 Å². The van der Waals surface area contributed by atoms with Crippen molar-refractivity contribution in [3.63, 3.8) is 0 Å². The Kier molecular flexibility index (Phi) is 4.75. The Morgan fingerprint density at radius 1 is 1.26 bits per heavy atom. The van der Waals surface area contributed by atoms with E-state index in [2.05, 4.69) is 23.9 Å². The molecular weight excluding hydrogens is 413 g/mol. The Hall–Kier alpha value is -2.78. The van der Waals surface area contributed by atoms with Crippen LogP contribution in [0.3, 0.4) is 0 Å². The third-order valence-electron chi connectivity index (χ3n) is 5.90. The van der Waals surface area contributed by atoms with Gasteiger partial charge in [-0.25, -0.2) is 14.5 Å². The fraction of sp³-hybridized carbons (Fsp3) is 0.571. The van der Waals surface area contributed by atoms with Gasteiger partial charge in [0.2, 0.25) is 5.88 Å². The molecule has 0 aromatic carbocycles. The summed E-state index contributed by atoms with van der Waals surface area (Å²) in [5.74, 6) is 0.735. The topological polar surface area (TPSA) is 69.5 Å². The van der Waals surface area contributed by atoms with Crippen LogP contribution >= 0.6 is 0 Å². The van der Waals surface area contributed by atoms with Crippen molar-refractivity contribution in [2.75, 3.05) is 11.5 Å². The smallest absolute Gasteiger partial charge is 0.397 e. The van der Waals surface area contributed by atoms with Crippen LogP contribution in [-0.2, 0) is 4.74 Å². The van der Waals surface area contributed by atoms with Gasteiger partial charge < -0.3 is 14.4 Å². The van der Waals surface area contributed by atoms with E-state index in [9.17, 15) is 18.0 Å².